The number of carbonyl (C=O) groups is 2. The first-order chi connectivity index (χ1) is 6.45. The van der Waals surface area contributed by atoms with Crippen molar-refractivity contribution < 1.29 is 14.7 Å². The maximum absolute atomic E-state index is 10.1. The zero-order chi connectivity index (χ0) is 11.6. The number of nitrogens with two attached hydrogens (primary N) is 2. The standard InChI is InChI=1S/C5H10N2O3.C4H10.ClH/c6-3(5(9)10)1-2-4(7)8;1-3-4-2;/h3H,1-2,6H2,(H2,7,8)(H,9,10);3-4H2,1-2H3;1H/p-1/t3-;;/m0../s1. The molecule has 0 aliphatic heterocycles. The fraction of sp³-hybridized carbons (Fsp3) is 0.778. The molecule has 0 saturated heterocycles. The van der Waals surface area contributed by atoms with Crippen LogP contribution in [-0.2, 0) is 9.59 Å². The van der Waals surface area contributed by atoms with Crippen molar-refractivity contribution in [3.63, 3.8) is 0 Å². The molecule has 0 unspecified atom stereocenters. The summed E-state index contributed by atoms with van der Waals surface area (Å²) in [5.74, 6) is -1.92. The summed E-state index contributed by atoms with van der Waals surface area (Å²) in [7, 11) is 0. The molecule has 0 aromatic rings. The minimum atomic E-state index is -1.36. The largest absolute Gasteiger partial charge is 0.548 e. The molecule has 1 amide bonds. The first-order valence-electron chi connectivity index (χ1n) is 4.70. The first kappa shape index (κ1) is 19.7. The number of amides is 1. The van der Waals surface area contributed by atoms with Crippen molar-refractivity contribution in [1.29, 1.82) is 0 Å². The molecule has 0 aromatic carbocycles. The first-order valence-corrected chi connectivity index (χ1v) is 4.70. The van der Waals surface area contributed by atoms with Crippen LogP contribution in [0.25, 0.3) is 0 Å². The van der Waals surface area contributed by atoms with Gasteiger partial charge in [0.05, 0.1) is 5.97 Å². The fourth-order valence-electron chi connectivity index (χ4n) is 0.416. The van der Waals surface area contributed by atoms with Gasteiger partial charge in [0.15, 0.2) is 0 Å². The lowest BCUT2D eigenvalue weighted by Crippen LogP contribution is -2.42. The topological polar surface area (TPSA) is 109 Å². The minimum Gasteiger partial charge on any atom is -0.548 e. The van der Waals surface area contributed by atoms with Crippen LogP contribution in [0.15, 0.2) is 0 Å². The third kappa shape index (κ3) is 19.6. The molecule has 0 aromatic heterocycles. The number of primary amides is 1. The number of halogens is 1. The molecule has 0 saturated carbocycles. The monoisotopic (exact) mass is 239 g/mol. The Balaban J connectivity index is -0.000000249. The maximum Gasteiger partial charge on any atom is 0.217 e. The molecule has 4 N–H and O–H groups in total. The fourth-order valence-corrected chi connectivity index (χ4v) is 0.416. The molecule has 15 heavy (non-hydrogen) atoms. The summed E-state index contributed by atoms with van der Waals surface area (Å²) in [6, 6.07) is -1.09. The summed E-state index contributed by atoms with van der Waals surface area (Å²) in [5, 5.41) is 9.92. The summed E-state index contributed by atoms with van der Waals surface area (Å²) in [5.41, 5.74) is 9.73. The van der Waals surface area contributed by atoms with Gasteiger partial charge in [-0.15, -0.1) is 12.4 Å². The van der Waals surface area contributed by atoms with E-state index in [1.54, 1.807) is 0 Å². The van der Waals surface area contributed by atoms with Gasteiger partial charge in [0.25, 0.3) is 0 Å². The molecule has 0 aliphatic rings. The van der Waals surface area contributed by atoms with Gasteiger partial charge in [-0.2, -0.15) is 0 Å². The Labute approximate surface area is 96.6 Å². The van der Waals surface area contributed by atoms with E-state index in [0.717, 1.165) is 0 Å². The highest BCUT2D eigenvalue weighted by Gasteiger charge is 2.04. The van der Waals surface area contributed by atoms with Crippen LogP contribution >= 0.6 is 12.4 Å². The number of hydrogen-bond donors (Lipinski definition) is 2. The number of carboxylic acid groups (broad SMARTS) is 1. The van der Waals surface area contributed by atoms with Gasteiger partial charge < -0.3 is 21.4 Å². The van der Waals surface area contributed by atoms with Crippen molar-refractivity contribution in [2.45, 2.75) is 45.6 Å². The second-order valence-electron chi connectivity index (χ2n) is 2.93. The van der Waals surface area contributed by atoms with Gasteiger partial charge in [0, 0.05) is 12.5 Å². The van der Waals surface area contributed by atoms with Crippen molar-refractivity contribution in [1.82, 2.24) is 0 Å². The van der Waals surface area contributed by atoms with E-state index in [2.05, 4.69) is 13.8 Å². The van der Waals surface area contributed by atoms with Crippen LogP contribution in [0.1, 0.15) is 39.5 Å². The van der Waals surface area contributed by atoms with E-state index in [1.165, 1.54) is 12.8 Å². The number of carboxylic acids is 1. The quantitative estimate of drug-likeness (QED) is 0.678. The Bertz CT molecular complexity index is 175. The van der Waals surface area contributed by atoms with E-state index < -0.39 is 17.9 Å². The number of aliphatic carboxylic acids is 1. The summed E-state index contributed by atoms with van der Waals surface area (Å²) >= 11 is 0. The normalized spacial score (nSPS) is 10.3. The highest BCUT2D eigenvalue weighted by atomic mass is 35.5. The highest BCUT2D eigenvalue weighted by molar-refractivity contribution is 5.85. The number of unbranched alkanes of at least 4 members (excludes halogenated alkanes) is 1. The van der Waals surface area contributed by atoms with Crippen LogP contribution in [0.5, 0.6) is 0 Å². The van der Waals surface area contributed by atoms with Crippen molar-refractivity contribution in [2.24, 2.45) is 11.5 Å². The summed E-state index contributed by atoms with van der Waals surface area (Å²) in [6.07, 6.45) is 2.66. The molecular weight excluding hydrogens is 220 g/mol. The van der Waals surface area contributed by atoms with Gasteiger partial charge in [0.1, 0.15) is 0 Å². The molecule has 0 fully saturated rings. The molecule has 6 heteroatoms. The predicted octanol–water partition coefficient (Wildman–Crippen LogP) is -0.443. The van der Waals surface area contributed by atoms with Crippen LogP contribution in [0.3, 0.4) is 0 Å². The van der Waals surface area contributed by atoms with E-state index in [-0.39, 0.29) is 25.2 Å². The Morgan fingerprint density at radius 1 is 1.27 bits per heavy atom. The van der Waals surface area contributed by atoms with Crippen LogP contribution in [0.2, 0.25) is 0 Å². The van der Waals surface area contributed by atoms with Crippen molar-refractivity contribution in [2.75, 3.05) is 0 Å². The molecule has 0 heterocycles. The Hall–Kier alpha value is -0.810. The molecule has 92 valence electrons. The third-order valence-corrected chi connectivity index (χ3v) is 1.50. The zero-order valence-electron chi connectivity index (χ0n) is 9.19. The Kier molecular flexibility index (Phi) is 17.3. The molecule has 0 bridgehead atoms. The molecular formula is C9H20ClN2O3-. The molecule has 0 spiro atoms. The van der Waals surface area contributed by atoms with Gasteiger partial charge in [-0.05, 0) is 6.42 Å². The van der Waals surface area contributed by atoms with Gasteiger partial charge in [0.2, 0.25) is 5.91 Å². The second-order valence-corrected chi connectivity index (χ2v) is 2.93. The molecule has 0 aliphatic carbocycles. The number of hydrogen-bond acceptors (Lipinski definition) is 4. The zero-order valence-corrected chi connectivity index (χ0v) is 10.0. The van der Waals surface area contributed by atoms with Crippen LogP contribution in [-0.4, -0.2) is 17.9 Å². The van der Waals surface area contributed by atoms with E-state index >= 15 is 0 Å². The van der Waals surface area contributed by atoms with Crippen molar-refractivity contribution >= 4 is 24.3 Å². The van der Waals surface area contributed by atoms with Gasteiger partial charge >= 0.3 is 0 Å². The van der Waals surface area contributed by atoms with E-state index in [9.17, 15) is 14.7 Å². The summed E-state index contributed by atoms with van der Waals surface area (Å²) < 4.78 is 0. The molecule has 0 rings (SSSR count). The van der Waals surface area contributed by atoms with Crippen LogP contribution in [0, 0.1) is 0 Å². The average Bonchev–Trinajstić information content (AvgIpc) is 2.14. The Morgan fingerprint density at radius 2 is 1.67 bits per heavy atom. The van der Waals surface area contributed by atoms with Gasteiger partial charge in [-0.1, -0.05) is 26.7 Å². The van der Waals surface area contributed by atoms with E-state index in [0.29, 0.717) is 0 Å². The third-order valence-electron chi connectivity index (χ3n) is 1.50. The predicted molar refractivity (Wildman–Crippen MR) is 59.2 cm³/mol. The number of rotatable bonds is 5. The molecule has 5 nitrogen and oxygen atoms in total. The minimum absolute atomic E-state index is 0. The lowest BCUT2D eigenvalue weighted by atomic mass is 10.2. The van der Waals surface area contributed by atoms with Gasteiger partial charge in [-0.3, -0.25) is 4.79 Å². The molecule has 0 radical (unpaired) electrons. The lowest BCUT2D eigenvalue weighted by Gasteiger charge is -2.09. The van der Waals surface area contributed by atoms with E-state index in [4.69, 9.17) is 11.5 Å². The molecule has 1 atom stereocenters. The maximum atomic E-state index is 10.1. The summed E-state index contributed by atoms with van der Waals surface area (Å²) in [6.45, 7) is 4.36. The second kappa shape index (κ2) is 13.2. The van der Waals surface area contributed by atoms with Crippen molar-refractivity contribution in [3.05, 3.63) is 0 Å². The van der Waals surface area contributed by atoms with Gasteiger partial charge in [-0.25, -0.2) is 0 Å². The van der Waals surface area contributed by atoms with Crippen LogP contribution in [0.4, 0.5) is 0 Å². The smallest absolute Gasteiger partial charge is 0.217 e. The summed E-state index contributed by atoms with van der Waals surface area (Å²) in [4.78, 5) is 20.0. The number of carbonyl (C=O) groups excluding carboxylic acids is 2. The van der Waals surface area contributed by atoms with E-state index in [1.807, 2.05) is 0 Å². The van der Waals surface area contributed by atoms with Crippen LogP contribution < -0.4 is 16.6 Å². The van der Waals surface area contributed by atoms with Crippen molar-refractivity contribution in [3.8, 4) is 0 Å². The average molecular weight is 240 g/mol. The SMILES string of the molecule is CCCC.Cl.NC(=O)CC[C@H](N)C(=O)[O-]. The highest BCUT2D eigenvalue weighted by Crippen LogP contribution is 1.91. The lowest BCUT2D eigenvalue weighted by molar-refractivity contribution is -0.307. The Morgan fingerprint density at radius 3 is 1.87 bits per heavy atom.